The van der Waals surface area contributed by atoms with Crippen LogP contribution < -0.4 is 5.32 Å². The lowest BCUT2D eigenvalue weighted by atomic mass is 10.1. The van der Waals surface area contributed by atoms with Crippen LogP contribution in [0.1, 0.15) is 11.3 Å². The highest BCUT2D eigenvalue weighted by Gasteiger charge is 2.12. The van der Waals surface area contributed by atoms with E-state index in [1.165, 1.54) is 12.1 Å². The van der Waals surface area contributed by atoms with Crippen LogP contribution in [0.3, 0.4) is 0 Å². The number of anilines is 1. The van der Waals surface area contributed by atoms with E-state index in [1.807, 2.05) is 37.3 Å². The van der Waals surface area contributed by atoms with E-state index in [4.69, 9.17) is 0 Å². The number of para-hydroxylation sites is 1. The summed E-state index contributed by atoms with van der Waals surface area (Å²) in [7, 11) is -3.24. The number of nitrogens with zero attached hydrogens (tertiary/aromatic N) is 2. The lowest BCUT2D eigenvalue weighted by Gasteiger charge is -2.09. The summed E-state index contributed by atoms with van der Waals surface area (Å²) < 4.78 is 24.7. The molecule has 134 valence electrons. The highest BCUT2D eigenvalue weighted by atomic mass is 32.2. The number of aromatic nitrogens is 2. The molecule has 7 heteroatoms. The van der Waals surface area contributed by atoms with E-state index >= 15 is 0 Å². The largest absolute Gasteiger partial charge is 0.310 e. The highest BCUT2D eigenvalue weighted by Crippen LogP contribution is 2.17. The SMILES string of the molecule is Cc1cc(NC(=O)Cc2ccc(S(C)(=O)=O)cc2)n(-c2ccccc2)n1. The van der Waals surface area contributed by atoms with E-state index in [0.717, 1.165) is 23.2 Å². The van der Waals surface area contributed by atoms with Crippen LogP contribution in [0.4, 0.5) is 5.82 Å². The Balaban J connectivity index is 1.75. The molecular weight excluding hydrogens is 350 g/mol. The summed E-state index contributed by atoms with van der Waals surface area (Å²) >= 11 is 0. The van der Waals surface area contributed by atoms with E-state index < -0.39 is 9.84 Å². The first-order valence-electron chi connectivity index (χ1n) is 8.04. The van der Waals surface area contributed by atoms with Crippen molar-refractivity contribution in [1.82, 2.24) is 9.78 Å². The standard InChI is InChI=1S/C19H19N3O3S/c1-14-12-18(22(21-14)16-6-4-3-5-7-16)20-19(23)13-15-8-10-17(11-9-15)26(2,24)25/h3-12H,13H2,1-2H3,(H,20,23). The maximum atomic E-state index is 12.4. The van der Waals surface area contributed by atoms with Crippen molar-refractivity contribution in [3.05, 3.63) is 71.9 Å². The van der Waals surface area contributed by atoms with Gasteiger partial charge in [-0.2, -0.15) is 5.10 Å². The third kappa shape index (κ3) is 4.18. The van der Waals surface area contributed by atoms with Gasteiger partial charge in [0.25, 0.3) is 0 Å². The lowest BCUT2D eigenvalue weighted by Crippen LogP contribution is -2.17. The molecule has 1 N–H and O–H groups in total. The summed E-state index contributed by atoms with van der Waals surface area (Å²) in [6, 6.07) is 17.7. The average Bonchev–Trinajstić information content (AvgIpc) is 2.95. The van der Waals surface area contributed by atoms with Gasteiger partial charge in [0.1, 0.15) is 5.82 Å². The molecule has 0 aliphatic rings. The second-order valence-corrected chi connectivity index (χ2v) is 8.08. The number of hydrogen-bond donors (Lipinski definition) is 1. The van der Waals surface area contributed by atoms with Gasteiger partial charge < -0.3 is 5.32 Å². The molecule has 0 unspecified atom stereocenters. The average molecular weight is 369 g/mol. The van der Waals surface area contributed by atoms with Crippen molar-refractivity contribution in [2.45, 2.75) is 18.2 Å². The molecule has 26 heavy (non-hydrogen) atoms. The zero-order chi connectivity index (χ0) is 18.7. The van der Waals surface area contributed by atoms with E-state index in [9.17, 15) is 13.2 Å². The fourth-order valence-electron chi connectivity index (χ4n) is 2.58. The minimum atomic E-state index is -3.24. The predicted octanol–water partition coefficient (Wildman–Crippen LogP) is 2.77. The van der Waals surface area contributed by atoms with Gasteiger partial charge >= 0.3 is 0 Å². The Hall–Kier alpha value is -2.93. The number of sulfone groups is 1. The van der Waals surface area contributed by atoms with E-state index in [0.29, 0.717) is 5.82 Å². The Labute approximate surface area is 152 Å². The third-order valence-electron chi connectivity index (χ3n) is 3.82. The van der Waals surface area contributed by atoms with Gasteiger partial charge in [0, 0.05) is 12.3 Å². The topological polar surface area (TPSA) is 81.1 Å². The normalized spacial score (nSPS) is 11.3. The zero-order valence-electron chi connectivity index (χ0n) is 14.5. The van der Waals surface area contributed by atoms with Gasteiger partial charge in [-0.15, -0.1) is 0 Å². The zero-order valence-corrected chi connectivity index (χ0v) is 15.3. The minimum absolute atomic E-state index is 0.142. The summed E-state index contributed by atoms with van der Waals surface area (Å²) in [6.45, 7) is 1.86. The molecule has 3 aromatic rings. The van der Waals surface area contributed by atoms with Gasteiger partial charge in [0.05, 0.1) is 22.7 Å². The van der Waals surface area contributed by atoms with Gasteiger partial charge in [-0.1, -0.05) is 30.3 Å². The fraction of sp³-hybridized carbons (Fsp3) is 0.158. The second-order valence-electron chi connectivity index (χ2n) is 6.06. The first-order chi connectivity index (χ1) is 12.3. The Morgan fingerprint density at radius 2 is 1.73 bits per heavy atom. The maximum absolute atomic E-state index is 12.4. The first kappa shape index (κ1) is 17.9. The molecule has 0 saturated carbocycles. The van der Waals surface area contributed by atoms with Crippen LogP contribution in [0.25, 0.3) is 5.69 Å². The summed E-state index contributed by atoms with van der Waals surface area (Å²) in [4.78, 5) is 12.6. The molecule has 6 nitrogen and oxygen atoms in total. The number of benzene rings is 2. The van der Waals surface area contributed by atoms with Crippen molar-refractivity contribution < 1.29 is 13.2 Å². The quantitative estimate of drug-likeness (QED) is 0.750. The molecule has 3 rings (SSSR count). The van der Waals surface area contributed by atoms with Crippen LogP contribution in [0.2, 0.25) is 0 Å². The van der Waals surface area contributed by atoms with Gasteiger partial charge in [-0.25, -0.2) is 13.1 Å². The first-order valence-corrected chi connectivity index (χ1v) is 9.93. The molecule has 1 aromatic heterocycles. The number of rotatable bonds is 5. The number of amides is 1. The van der Waals surface area contributed by atoms with Gasteiger partial charge in [-0.05, 0) is 36.8 Å². The van der Waals surface area contributed by atoms with Crippen molar-refractivity contribution in [2.24, 2.45) is 0 Å². The molecule has 0 saturated heterocycles. The van der Waals surface area contributed by atoms with Crippen LogP contribution in [0, 0.1) is 6.92 Å². The molecule has 2 aromatic carbocycles. The smallest absolute Gasteiger partial charge is 0.229 e. The van der Waals surface area contributed by atoms with E-state index in [2.05, 4.69) is 10.4 Å². The molecule has 0 spiro atoms. The monoisotopic (exact) mass is 369 g/mol. The van der Waals surface area contributed by atoms with Crippen LogP contribution in [0.15, 0.2) is 65.6 Å². The van der Waals surface area contributed by atoms with Gasteiger partial charge in [0.2, 0.25) is 5.91 Å². The molecule has 0 fully saturated rings. The minimum Gasteiger partial charge on any atom is -0.310 e. The van der Waals surface area contributed by atoms with Crippen molar-refractivity contribution >= 4 is 21.6 Å². The molecular formula is C19H19N3O3S. The summed E-state index contributed by atoms with van der Waals surface area (Å²) in [5, 5.41) is 7.28. The summed E-state index contributed by atoms with van der Waals surface area (Å²) in [5.74, 6) is 0.389. The van der Waals surface area contributed by atoms with Crippen molar-refractivity contribution in [1.29, 1.82) is 0 Å². The lowest BCUT2D eigenvalue weighted by molar-refractivity contribution is -0.115. The molecule has 1 amide bonds. The molecule has 0 bridgehead atoms. The Morgan fingerprint density at radius 3 is 2.35 bits per heavy atom. The molecule has 0 atom stereocenters. The Morgan fingerprint density at radius 1 is 1.08 bits per heavy atom. The van der Waals surface area contributed by atoms with Crippen LogP contribution in [-0.2, 0) is 21.1 Å². The predicted molar refractivity (Wildman–Crippen MR) is 100 cm³/mol. The van der Waals surface area contributed by atoms with Crippen LogP contribution >= 0.6 is 0 Å². The number of carbonyl (C=O) groups excluding carboxylic acids is 1. The summed E-state index contributed by atoms with van der Waals surface area (Å²) in [6.07, 6.45) is 1.30. The molecule has 0 radical (unpaired) electrons. The number of carbonyl (C=O) groups is 1. The number of hydrogen-bond acceptors (Lipinski definition) is 4. The molecule has 0 aliphatic heterocycles. The summed E-state index contributed by atoms with van der Waals surface area (Å²) in [5.41, 5.74) is 2.38. The molecule has 0 aliphatic carbocycles. The molecule has 1 heterocycles. The van der Waals surface area contributed by atoms with E-state index in [1.54, 1.807) is 22.9 Å². The highest BCUT2D eigenvalue weighted by molar-refractivity contribution is 7.90. The van der Waals surface area contributed by atoms with Crippen LogP contribution in [-0.4, -0.2) is 30.4 Å². The Kier molecular flexibility index (Phi) is 4.90. The van der Waals surface area contributed by atoms with E-state index in [-0.39, 0.29) is 17.2 Å². The van der Waals surface area contributed by atoms with Crippen LogP contribution in [0.5, 0.6) is 0 Å². The second kappa shape index (κ2) is 7.13. The van der Waals surface area contributed by atoms with Gasteiger partial charge in [-0.3, -0.25) is 4.79 Å². The number of nitrogens with one attached hydrogen (secondary N) is 1. The third-order valence-corrected chi connectivity index (χ3v) is 4.94. The Bertz CT molecular complexity index is 1020. The fourth-order valence-corrected chi connectivity index (χ4v) is 3.21. The van der Waals surface area contributed by atoms with Crippen molar-refractivity contribution in [3.63, 3.8) is 0 Å². The number of aryl methyl sites for hydroxylation is 1. The van der Waals surface area contributed by atoms with Gasteiger partial charge in [0.15, 0.2) is 9.84 Å². The van der Waals surface area contributed by atoms with Crippen molar-refractivity contribution in [2.75, 3.05) is 11.6 Å². The van der Waals surface area contributed by atoms with Crippen molar-refractivity contribution in [3.8, 4) is 5.69 Å². The maximum Gasteiger partial charge on any atom is 0.229 e.